The topological polar surface area (TPSA) is 60.9 Å². The van der Waals surface area contributed by atoms with Gasteiger partial charge in [-0.1, -0.05) is 0 Å². The third-order valence-corrected chi connectivity index (χ3v) is 2.54. The monoisotopic (exact) mass is 179 g/mol. The number of primary amides is 1. The molecule has 2 heterocycles. The lowest BCUT2D eigenvalue weighted by atomic mass is 10.1. The molecule has 4 nitrogen and oxygen atoms in total. The van der Waals surface area contributed by atoms with Gasteiger partial charge in [-0.2, -0.15) is 0 Å². The van der Waals surface area contributed by atoms with Crippen molar-refractivity contribution in [3.63, 3.8) is 0 Å². The second-order valence-electron chi connectivity index (χ2n) is 3.43. The van der Waals surface area contributed by atoms with Crippen LogP contribution in [0.3, 0.4) is 0 Å². The zero-order chi connectivity index (χ0) is 9.42. The molecule has 1 aliphatic rings. The van der Waals surface area contributed by atoms with Gasteiger partial charge in [0, 0.05) is 6.54 Å². The van der Waals surface area contributed by atoms with Gasteiger partial charge in [-0.05, 0) is 26.2 Å². The summed E-state index contributed by atoms with van der Waals surface area (Å²) in [6.45, 7) is 2.89. The minimum absolute atomic E-state index is 0.404. The van der Waals surface area contributed by atoms with Gasteiger partial charge in [-0.3, -0.25) is 4.79 Å². The molecule has 0 spiro atoms. The Morgan fingerprint density at radius 3 is 3.00 bits per heavy atom. The Bertz CT molecular complexity index is 354. The van der Waals surface area contributed by atoms with Crippen LogP contribution in [0.4, 0.5) is 0 Å². The number of fused-ring (bicyclic) bond motifs is 1. The molecule has 0 saturated carbocycles. The minimum Gasteiger partial charge on any atom is -0.364 e. The van der Waals surface area contributed by atoms with E-state index in [4.69, 9.17) is 5.73 Å². The first-order valence-electron chi connectivity index (χ1n) is 4.56. The van der Waals surface area contributed by atoms with Gasteiger partial charge in [-0.25, -0.2) is 4.98 Å². The first-order chi connectivity index (χ1) is 6.20. The SMILES string of the molecule is Cc1nc(C(N)=O)c2n1CCCC2. The molecule has 0 bridgehead atoms. The van der Waals surface area contributed by atoms with E-state index in [0.717, 1.165) is 30.9 Å². The molecule has 70 valence electrons. The highest BCUT2D eigenvalue weighted by Crippen LogP contribution is 2.19. The maximum absolute atomic E-state index is 11.0. The lowest BCUT2D eigenvalue weighted by molar-refractivity contribution is 0.0994. The van der Waals surface area contributed by atoms with Gasteiger partial charge in [-0.15, -0.1) is 0 Å². The number of imidazole rings is 1. The summed E-state index contributed by atoms with van der Waals surface area (Å²) < 4.78 is 2.10. The van der Waals surface area contributed by atoms with Crippen LogP contribution in [0, 0.1) is 6.92 Å². The third-order valence-electron chi connectivity index (χ3n) is 2.54. The Morgan fingerprint density at radius 1 is 1.54 bits per heavy atom. The minimum atomic E-state index is -0.404. The summed E-state index contributed by atoms with van der Waals surface area (Å²) in [5, 5.41) is 0. The fourth-order valence-electron chi connectivity index (χ4n) is 1.92. The number of hydrogen-bond acceptors (Lipinski definition) is 2. The molecule has 0 radical (unpaired) electrons. The predicted octanol–water partition coefficient (Wildman–Crippen LogP) is 0.627. The van der Waals surface area contributed by atoms with Gasteiger partial charge in [0.25, 0.3) is 5.91 Å². The first kappa shape index (κ1) is 8.29. The molecule has 1 aliphatic heterocycles. The quantitative estimate of drug-likeness (QED) is 0.687. The van der Waals surface area contributed by atoms with Crippen molar-refractivity contribution in [3.05, 3.63) is 17.2 Å². The number of nitrogens with two attached hydrogens (primary N) is 1. The number of aromatic nitrogens is 2. The molecular weight excluding hydrogens is 166 g/mol. The molecule has 0 aromatic carbocycles. The average Bonchev–Trinajstić information content (AvgIpc) is 2.45. The second-order valence-corrected chi connectivity index (χ2v) is 3.43. The van der Waals surface area contributed by atoms with Gasteiger partial charge in [0.05, 0.1) is 5.69 Å². The summed E-state index contributed by atoms with van der Waals surface area (Å²) in [7, 11) is 0. The molecule has 1 amide bonds. The maximum atomic E-state index is 11.0. The van der Waals surface area contributed by atoms with Crippen LogP contribution < -0.4 is 5.73 Å². The van der Waals surface area contributed by atoms with Crippen LogP contribution in [0.5, 0.6) is 0 Å². The third kappa shape index (κ3) is 1.22. The van der Waals surface area contributed by atoms with E-state index in [1.165, 1.54) is 6.42 Å². The molecule has 1 aromatic heterocycles. The van der Waals surface area contributed by atoms with Gasteiger partial charge in [0.2, 0.25) is 0 Å². The Hall–Kier alpha value is -1.32. The van der Waals surface area contributed by atoms with E-state index in [1.807, 2.05) is 6.92 Å². The summed E-state index contributed by atoms with van der Waals surface area (Å²) in [5.74, 6) is 0.502. The molecule has 0 atom stereocenters. The average molecular weight is 179 g/mol. The van der Waals surface area contributed by atoms with Crippen molar-refractivity contribution in [2.75, 3.05) is 0 Å². The number of nitrogens with zero attached hydrogens (tertiary/aromatic N) is 2. The van der Waals surface area contributed by atoms with Crippen molar-refractivity contribution in [2.24, 2.45) is 5.73 Å². The number of aryl methyl sites for hydroxylation is 1. The van der Waals surface area contributed by atoms with Gasteiger partial charge < -0.3 is 10.3 Å². The molecular formula is C9H13N3O. The lowest BCUT2D eigenvalue weighted by Gasteiger charge is -2.15. The number of carbonyl (C=O) groups is 1. The Kier molecular flexibility index (Phi) is 1.83. The van der Waals surface area contributed by atoms with Crippen LogP contribution in [0.2, 0.25) is 0 Å². The lowest BCUT2D eigenvalue weighted by Crippen LogP contribution is -2.17. The molecule has 0 saturated heterocycles. The second kappa shape index (κ2) is 2.87. The van der Waals surface area contributed by atoms with Crippen molar-refractivity contribution < 1.29 is 4.79 Å². The van der Waals surface area contributed by atoms with Crippen LogP contribution in [-0.2, 0) is 13.0 Å². The Balaban J connectivity index is 2.53. The molecule has 13 heavy (non-hydrogen) atoms. The standard InChI is InChI=1S/C9H13N3O/c1-6-11-8(9(10)13)7-4-2-3-5-12(6)7/h2-5H2,1H3,(H2,10,13). The first-order valence-corrected chi connectivity index (χ1v) is 4.56. The summed E-state index contributed by atoms with van der Waals surface area (Å²) in [5.41, 5.74) is 6.73. The number of carbonyl (C=O) groups excluding carboxylic acids is 1. The number of rotatable bonds is 1. The molecule has 0 fully saturated rings. The highest BCUT2D eigenvalue weighted by Gasteiger charge is 2.20. The van der Waals surface area contributed by atoms with E-state index >= 15 is 0 Å². The fourth-order valence-corrected chi connectivity index (χ4v) is 1.92. The van der Waals surface area contributed by atoms with Crippen molar-refractivity contribution in [1.29, 1.82) is 0 Å². The normalized spacial score (nSPS) is 15.5. The summed E-state index contributed by atoms with van der Waals surface area (Å²) >= 11 is 0. The predicted molar refractivity (Wildman–Crippen MR) is 48.4 cm³/mol. The largest absolute Gasteiger partial charge is 0.364 e. The van der Waals surface area contributed by atoms with Gasteiger partial charge >= 0.3 is 0 Å². The summed E-state index contributed by atoms with van der Waals surface area (Å²) in [4.78, 5) is 15.2. The van der Waals surface area contributed by atoms with E-state index in [2.05, 4.69) is 9.55 Å². The van der Waals surface area contributed by atoms with Gasteiger partial charge in [0.15, 0.2) is 0 Å². The van der Waals surface area contributed by atoms with Crippen molar-refractivity contribution >= 4 is 5.91 Å². The zero-order valence-electron chi connectivity index (χ0n) is 7.71. The highest BCUT2D eigenvalue weighted by molar-refractivity contribution is 5.92. The molecule has 0 aliphatic carbocycles. The highest BCUT2D eigenvalue weighted by atomic mass is 16.1. The molecule has 2 rings (SSSR count). The van der Waals surface area contributed by atoms with Crippen LogP contribution >= 0.6 is 0 Å². The summed E-state index contributed by atoms with van der Waals surface area (Å²) in [6, 6.07) is 0. The Labute approximate surface area is 76.8 Å². The molecule has 2 N–H and O–H groups in total. The molecule has 4 heteroatoms. The van der Waals surface area contributed by atoms with Crippen molar-refractivity contribution in [1.82, 2.24) is 9.55 Å². The van der Waals surface area contributed by atoms with E-state index < -0.39 is 5.91 Å². The van der Waals surface area contributed by atoms with E-state index in [1.54, 1.807) is 0 Å². The van der Waals surface area contributed by atoms with Crippen LogP contribution in [0.15, 0.2) is 0 Å². The Morgan fingerprint density at radius 2 is 2.31 bits per heavy atom. The smallest absolute Gasteiger partial charge is 0.269 e. The van der Waals surface area contributed by atoms with Crippen molar-refractivity contribution in [2.45, 2.75) is 32.7 Å². The number of amides is 1. The zero-order valence-corrected chi connectivity index (χ0v) is 7.71. The van der Waals surface area contributed by atoms with Crippen molar-refractivity contribution in [3.8, 4) is 0 Å². The maximum Gasteiger partial charge on any atom is 0.269 e. The molecule has 0 unspecified atom stereocenters. The molecule has 1 aromatic rings. The van der Waals surface area contributed by atoms with E-state index in [0.29, 0.717) is 5.69 Å². The fraction of sp³-hybridized carbons (Fsp3) is 0.556. The van der Waals surface area contributed by atoms with Gasteiger partial charge in [0.1, 0.15) is 11.5 Å². The summed E-state index contributed by atoms with van der Waals surface area (Å²) in [6.07, 6.45) is 3.23. The number of hydrogen-bond donors (Lipinski definition) is 1. The van der Waals surface area contributed by atoms with E-state index in [9.17, 15) is 4.79 Å². The van der Waals surface area contributed by atoms with Crippen LogP contribution in [-0.4, -0.2) is 15.5 Å². The van der Waals surface area contributed by atoms with E-state index in [-0.39, 0.29) is 0 Å². The van der Waals surface area contributed by atoms with Crippen LogP contribution in [0.25, 0.3) is 0 Å². The van der Waals surface area contributed by atoms with Crippen LogP contribution in [0.1, 0.15) is 34.8 Å².